The Morgan fingerprint density at radius 1 is 1.33 bits per heavy atom. The zero-order valence-electron chi connectivity index (χ0n) is 12.2. The molecular formula is C16H20N4O. The normalized spacial score (nSPS) is 16.0. The monoisotopic (exact) mass is 284 g/mol. The Morgan fingerprint density at radius 3 is 2.76 bits per heavy atom. The number of benzene rings is 1. The van der Waals surface area contributed by atoms with E-state index in [4.69, 9.17) is 20.9 Å². The number of hydrogen-bond acceptors (Lipinski definition) is 4. The number of fused-ring (bicyclic) bond motifs is 1. The van der Waals surface area contributed by atoms with Crippen molar-refractivity contribution in [3.8, 4) is 0 Å². The summed E-state index contributed by atoms with van der Waals surface area (Å²) in [5, 5.41) is 8.85. The quantitative estimate of drug-likeness (QED) is 0.669. The molecule has 3 N–H and O–H groups in total. The molecule has 1 saturated heterocycles. The molecule has 3 rings (SSSR count). The minimum atomic E-state index is 0.0576. The second-order valence-corrected chi connectivity index (χ2v) is 5.42. The van der Waals surface area contributed by atoms with Gasteiger partial charge in [-0.05, 0) is 25.0 Å². The topological polar surface area (TPSA) is 75.2 Å². The Kier molecular flexibility index (Phi) is 3.75. The van der Waals surface area contributed by atoms with Crippen molar-refractivity contribution in [3.63, 3.8) is 0 Å². The van der Waals surface area contributed by atoms with Crippen LogP contribution in [0, 0.1) is 5.41 Å². The maximum Gasteiger partial charge on any atom is 0.140 e. The molecule has 110 valence electrons. The van der Waals surface area contributed by atoms with Crippen molar-refractivity contribution in [1.29, 1.82) is 5.41 Å². The van der Waals surface area contributed by atoms with E-state index in [-0.39, 0.29) is 5.84 Å². The Hall–Kier alpha value is -2.14. The van der Waals surface area contributed by atoms with Gasteiger partial charge in [0.1, 0.15) is 11.7 Å². The molecule has 0 saturated carbocycles. The Bertz CT molecular complexity index is 664. The van der Waals surface area contributed by atoms with E-state index in [1.54, 1.807) is 0 Å². The molecule has 1 aromatic heterocycles. The second kappa shape index (κ2) is 5.69. The van der Waals surface area contributed by atoms with Crippen LogP contribution in [0.1, 0.15) is 18.4 Å². The maximum atomic E-state index is 7.85. The average molecular weight is 284 g/mol. The highest BCUT2D eigenvalue weighted by molar-refractivity contribution is 6.03. The summed E-state index contributed by atoms with van der Waals surface area (Å²) in [5.74, 6) is 0.843. The predicted molar refractivity (Wildman–Crippen MR) is 85.0 cm³/mol. The summed E-state index contributed by atoms with van der Waals surface area (Å²) in [5.41, 5.74) is 7.39. The van der Waals surface area contributed by atoms with E-state index in [0.717, 1.165) is 42.8 Å². The summed E-state index contributed by atoms with van der Waals surface area (Å²) in [4.78, 5) is 6.88. The molecule has 1 fully saturated rings. The molecule has 21 heavy (non-hydrogen) atoms. The molecule has 1 aliphatic rings. The molecule has 1 aromatic carbocycles. The summed E-state index contributed by atoms with van der Waals surface area (Å²) in [6, 6.07) is 10.3. The van der Waals surface area contributed by atoms with Gasteiger partial charge in [0.25, 0.3) is 0 Å². The first kappa shape index (κ1) is 13.8. The molecule has 0 aliphatic carbocycles. The summed E-state index contributed by atoms with van der Waals surface area (Å²) >= 11 is 0. The zero-order chi connectivity index (χ0) is 14.8. The predicted octanol–water partition coefficient (Wildman–Crippen LogP) is 2.13. The van der Waals surface area contributed by atoms with Crippen LogP contribution in [0.3, 0.4) is 0 Å². The van der Waals surface area contributed by atoms with Gasteiger partial charge in [0.05, 0.1) is 11.1 Å². The minimum Gasteiger partial charge on any atom is -0.384 e. The van der Waals surface area contributed by atoms with Gasteiger partial charge in [-0.3, -0.25) is 5.41 Å². The molecular weight excluding hydrogens is 264 g/mol. The Labute approximate surface area is 124 Å². The van der Waals surface area contributed by atoms with Crippen molar-refractivity contribution in [2.75, 3.05) is 25.2 Å². The lowest BCUT2D eigenvalue weighted by Gasteiger charge is -2.33. The van der Waals surface area contributed by atoms with Crippen molar-refractivity contribution in [1.82, 2.24) is 4.98 Å². The van der Waals surface area contributed by atoms with Crippen LogP contribution >= 0.6 is 0 Å². The van der Waals surface area contributed by atoms with Gasteiger partial charge < -0.3 is 15.4 Å². The van der Waals surface area contributed by atoms with Crippen LogP contribution in [0.4, 0.5) is 5.82 Å². The van der Waals surface area contributed by atoms with Gasteiger partial charge in [-0.2, -0.15) is 0 Å². The molecule has 0 amide bonds. The third-order valence-electron chi connectivity index (χ3n) is 4.07. The SMILES string of the molecule is CN(c1nc2ccccc2cc1C(=N)N)C1CCOCC1. The lowest BCUT2D eigenvalue weighted by atomic mass is 10.1. The van der Waals surface area contributed by atoms with Crippen LogP contribution < -0.4 is 10.6 Å². The zero-order valence-corrected chi connectivity index (χ0v) is 12.2. The van der Waals surface area contributed by atoms with Crippen LogP contribution in [-0.4, -0.2) is 37.1 Å². The molecule has 5 heteroatoms. The Balaban J connectivity index is 2.06. The molecule has 2 heterocycles. The van der Waals surface area contributed by atoms with Gasteiger partial charge in [0.2, 0.25) is 0 Å². The fraction of sp³-hybridized carbons (Fsp3) is 0.375. The molecule has 5 nitrogen and oxygen atoms in total. The molecule has 2 aromatic rings. The number of nitrogens with two attached hydrogens (primary N) is 1. The standard InChI is InChI=1S/C16H20N4O/c1-20(12-6-8-21-9-7-12)16-13(15(17)18)10-11-4-2-3-5-14(11)19-16/h2-5,10,12H,6-9H2,1H3,(H3,17,18). The number of anilines is 1. The van der Waals surface area contributed by atoms with Gasteiger partial charge in [-0.1, -0.05) is 18.2 Å². The van der Waals surface area contributed by atoms with Crippen LogP contribution in [0.2, 0.25) is 0 Å². The van der Waals surface area contributed by atoms with E-state index in [9.17, 15) is 0 Å². The van der Waals surface area contributed by atoms with Crippen molar-refractivity contribution < 1.29 is 4.74 Å². The van der Waals surface area contributed by atoms with E-state index in [1.165, 1.54) is 0 Å². The molecule has 0 radical (unpaired) electrons. The van der Waals surface area contributed by atoms with Gasteiger partial charge in [0.15, 0.2) is 0 Å². The van der Waals surface area contributed by atoms with Crippen molar-refractivity contribution >= 4 is 22.6 Å². The first-order valence-corrected chi connectivity index (χ1v) is 7.21. The maximum absolute atomic E-state index is 7.85. The van der Waals surface area contributed by atoms with Crippen LogP contribution in [-0.2, 0) is 4.74 Å². The molecule has 1 aliphatic heterocycles. The summed E-state index contributed by atoms with van der Waals surface area (Å²) in [6.07, 6.45) is 1.95. The Morgan fingerprint density at radius 2 is 2.05 bits per heavy atom. The van der Waals surface area contributed by atoms with Gasteiger partial charge >= 0.3 is 0 Å². The minimum absolute atomic E-state index is 0.0576. The highest BCUT2D eigenvalue weighted by Crippen LogP contribution is 2.26. The largest absolute Gasteiger partial charge is 0.384 e. The molecule has 0 bridgehead atoms. The third kappa shape index (κ3) is 2.69. The number of nitrogen functional groups attached to an aromatic ring is 1. The van der Waals surface area contributed by atoms with E-state index < -0.39 is 0 Å². The smallest absolute Gasteiger partial charge is 0.140 e. The first-order chi connectivity index (χ1) is 10.2. The third-order valence-corrected chi connectivity index (χ3v) is 4.07. The average Bonchev–Trinajstić information content (AvgIpc) is 2.53. The van der Waals surface area contributed by atoms with Gasteiger partial charge in [-0.15, -0.1) is 0 Å². The number of ether oxygens (including phenoxy) is 1. The summed E-state index contributed by atoms with van der Waals surface area (Å²) < 4.78 is 5.42. The molecule has 0 unspecified atom stereocenters. The summed E-state index contributed by atoms with van der Waals surface area (Å²) in [6.45, 7) is 1.55. The highest BCUT2D eigenvalue weighted by Gasteiger charge is 2.22. The number of para-hydroxylation sites is 1. The van der Waals surface area contributed by atoms with Crippen LogP contribution in [0.25, 0.3) is 10.9 Å². The number of nitrogens with zero attached hydrogens (tertiary/aromatic N) is 2. The van der Waals surface area contributed by atoms with Crippen molar-refractivity contribution in [2.24, 2.45) is 5.73 Å². The van der Waals surface area contributed by atoms with E-state index in [2.05, 4.69) is 4.90 Å². The number of amidine groups is 1. The van der Waals surface area contributed by atoms with Gasteiger partial charge in [-0.25, -0.2) is 4.98 Å². The van der Waals surface area contributed by atoms with Crippen molar-refractivity contribution in [2.45, 2.75) is 18.9 Å². The fourth-order valence-electron chi connectivity index (χ4n) is 2.82. The van der Waals surface area contributed by atoms with E-state index >= 15 is 0 Å². The van der Waals surface area contributed by atoms with Crippen LogP contribution in [0.5, 0.6) is 0 Å². The molecule has 0 atom stereocenters. The van der Waals surface area contributed by atoms with Gasteiger partial charge in [0, 0.05) is 31.7 Å². The second-order valence-electron chi connectivity index (χ2n) is 5.42. The number of aromatic nitrogens is 1. The van der Waals surface area contributed by atoms with E-state index in [0.29, 0.717) is 11.6 Å². The number of hydrogen-bond donors (Lipinski definition) is 2. The molecule has 0 spiro atoms. The van der Waals surface area contributed by atoms with Crippen LogP contribution in [0.15, 0.2) is 30.3 Å². The number of nitrogens with one attached hydrogen (secondary N) is 1. The highest BCUT2D eigenvalue weighted by atomic mass is 16.5. The van der Waals surface area contributed by atoms with Crippen molar-refractivity contribution in [3.05, 3.63) is 35.9 Å². The fourth-order valence-corrected chi connectivity index (χ4v) is 2.82. The summed E-state index contributed by atoms with van der Waals surface area (Å²) in [7, 11) is 2.03. The number of rotatable bonds is 3. The number of pyridine rings is 1. The first-order valence-electron chi connectivity index (χ1n) is 7.21. The lowest BCUT2D eigenvalue weighted by Crippen LogP contribution is -2.38. The van der Waals surface area contributed by atoms with E-state index in [1.807, 2.05) is 37.4 Å². The lowest BCUT2D eigenvalue weighted by molar-refractivity contribution is 0.0853.